The minimum Gasteiger partial charge on any atom is -0.379 e. The SMILES string of the molecule is CC(=O)NC(C)C(C)N1CCOCC1. The molecule has 0 aromatic rings. The Morgan fingerprint density at radius 3 is 2.43 bits per heavy atom. The molecule has 1 fully saturated rings. The molecule has 4 nitrogen and oxygen atoms in total. The van der Waals surface area contributed by atoms with Gasteiger partial charge in [0.2, 0.25) is 5.91 Å². The Morgan fingerprint density at radius 1 is 1.36 bits per heavy atom. The molecule has 0 bridgehead atoms. The lowest BCUT2D eigenvalue weighted by Gasteiger charge is -2.35. The first-order valence-electron chi connectivity index (χ1n) is 5.20. The van der Waals surface area contributed by atoms with Gasteiger partial charge in [0.15, 0.2) is 0 Å². The fraction of sp³-hybridized carbons (Fsp3) is 0.900. The molecular weight excluding hydrogens is 180 g/mol. The van der Waals surface area contributed by atoms with E-state index >= 15 is 0 Å². The summed E-state index contributed by atoms with van der Waals surface area (Å²) in [6.07, 6.45) is 0. The molecular formula is C10H20N2O2. The van der Waals surface area contributed by atoms with E-state index < -0.39 is 0 Å². The number of hydrogen-bond acceptors (Lipinski definition) is 3. The van der Waals surface area contributed by atoms with Crippen LogP contribution in [-0.4, -0.2) is 49.2 Å². The standard InChI is InChI=1S/C10H20N2O2/c1-8(11-10(3)13)9(2)12-4-6-14-7-5-12/h8-9H,4-7H2,1-3H3,(H,11,13). The molecule has 0 aromatic heterocycles. The van der Waals surface area contributed by atoms with Crippen molar-refractivity contribution in [2.75, 3.05) is 26.3 Å². The number of nitrogens with one attached hydrogen (secondary N) is 1. The zero-order chi connectivity index (χ0) is 10.6. The molecule has 0 aliphatic carbocycles. The molecule has 1 aliphatic heterocycles. The molecule has 1 saturated heterocycles. The first-order chi connectivity index (χ1) is 6.61. The molecule has 1 rings (SSSR count). The van der Waals surface area contributed by atoms with Crippen LogP contribution in [0.1, 0.15) is 20.8 Å². The molecule has 0 spiro atoms. The van der Waals surface area contributed by atoms with E-state index in [2.05, 4.69) is 17.1 Å². The molecule has 14 heavy (non-hydrogen) atoms. The van der Waals surface area contributed by atoms with Gasteiger partial charge in [0.1, 0.15) is 0 Å². The second kappa shape index (κ2) is 5.32. The van der Waals surface area contributed by atoms with Gasteiger partial charge in [-0.1, -0.05) is 0 Å². The predicted molar refractivity (Wildman–Crippen MR) is 55.1 cm³/mol. The first kappa shape index (κ1) is 11.5. The van der Waals surface area contributed by atoms with E-state index in [9.17, 15) is 4.79 Å². The first-order valence-corrected chi connectivity index (χ1v) is 5.20. The number of rotatable bonds is 3. The summed E-state index contributed by atoms with van der Waals surface area (Å²) in [7, 11) is 0. The van der Waals surface area contributed by atoms with Crippen molar-refractivity contribution in [3.05, 3.63) is 0 Å². The van der Waals surface area contributed by atoms with Crippen molar-refractivity contribution in [1.29, 1.82) is 0 Å². The van der Waals surface area contributed by atoms with Crippen molar-refractivity contribution in [3.8, 4) is 0 Å². The summed E-state index contributed by atoms with van der Waals surface area (Å²) >= 11 is 0. The lowest BCUT2D eigenvalue weighted by atomic mass is 10.1. The average Bonchev–Trinajstić information content (AvgIpc) is 2.17. The summed E-state index contributed by atoms with van der Waals surface area (Å²) in [4.78, 5) is 13.2. The fourth-order valence-electron chi connectivity index (χ4n) is 1.74. The Morgan fingerprint density at radius 2 is 1.93 bits per heavy atom. The van der Waals surface area contributed by atoms with E-state index in [1.807, 2.05) is 6.92 Å². The molecule has 82 valence electrons. The minimum atomic E-state index is 0.0395. The molecule has 4 heteroatoms. The van der Waals surface area contributed by atoms with Crippen molar-refractivity contribution < 1.29 is 9.53 Å². The summed E-state index contributed by atoms with van der Waals surface area (Å²) in [6, 6.07) is 0.577. The van der Waals surface area contributed by atoms with E-state index in [1.54, 1.807) is 6.92 Å². The number of carbonyl (C=O) groups excluding carboxylic acids is 1. The zero-order valence-electron chi connectivity index (χ0n) is 9.25. The third kappa shape index (κ3) is 3.27. The summed E-state index contributed by atoms with van der Waals surface area (Å²) < 4.78 is 5.28. The van der Waals surface area contributed by atoms with Crippen molar-refractivity contribution in [1.82, 2.24) is 10.2 Å². The Kier molecular flexibility index (Phi) is 4.35. The Balaban J connectivity index is 2.37. The van der Waals surface area contributed by atoms with Gasteiger partial charge in [0.25, 0.3) is 0 Å². The van der Waals surface area contributed by atoms with E-state index in [4.69, 9.17) is 4.74 Å². The lowest BCUT2D eigenvalue weighted by molar-refractivity contribution is -0.120. The normalized spacial score (nSPS) is 22.8. The highest BCUT2D eigenvalue weighted by Crippen LogP contribution is 2.07. The highest BCUT2D eigenvalue weighted by atomic mass is 16.5. The Labute approximate surface area is 85.6 Å². The molecule has 0 radical (unpaired) electrons. The predicted octanol–water partition coefficient (Wildman–Crippen LogP) is 0.232. The summed E-state index contributed by atoms with van der Waals surface area (Å²) in [6.45, 7) is 9.28. The van der Waals surface area contributed by atoms with E-state index in [0.29, 0.717) is 6.04 Å². The van der Waals surface area contributed by atoms with Crippen LogP contribution in [0.5, 0.6) is 0 Å². The van der Waals surface area contributed by atoms with Gasteiger partial charge in [-0.05, 0) is 13.8 Å². The average molecular weight is 200 g/mol. The maximum atomic E-state index is 10.9. The zero-order valence-corrected chi connectivity index (χ0v) is 9.25. The fourth-order valence-corrected chi connectivity index (χ4v) is 1.74. The summed E-state index contributed by atoms with van der Waals surface area (Å²) in [5.74, 6) is 0.0395. The van der Waals surface area contributed by atoms with Crippen LogP contribution in [0.4, 0.5) is 0 Å². The number of carbonyl (C=O) groups is 1. The van der Waals surface area contributed by atoms with Gasteiger partial charge < -0.3 is 10.1 Å². The van der Waals surface area contributed by atoms with Crippen LogP contribution in [-0.2, 0) is 9.53 Å². The number of morpholine rings is 1. The van der Waals surface area contributed by atoms with E-state index in [1.165, 1.54) is 0 Å². The van der Waals surface area contributed by atoms with Crippen LogP contribution in [0.2, 0.25) is 0 Å². The third-order valence-electron chi connectivity index (χ3n) is 2.78. The second-order valence-electron chi connectivity index (χ2n) is 3.88. The molecule has 0 aromatic carbocycles. The Hall–Kier alpha value is -0.610. The molecule has 1 heterocycles. The van der Waals surface area contributed by atoms with Crippen LogP contribution in [0.25, 0.3) is 0 Å². The van der Waals surface area contributed by atoms with Crippen molar-refractivity contribution in [2.45, 2.75) is 32.9 Å². The topological polar surface area (TPSA) is 41.6 Å². The van der Waals surface area contributed by atoms with Gasteiger partial charge in [0, 0.05) is 32.1 Å². The van der Waals surface area contributed by atoms with Gasteiger partial charge in [-0.25, -0.2) is 0 Å². The summed E-state index contributed by atoms with van der Waals surface area (Å²) in [5, 5.41) is 2.92. The van der Waals surface area contributed by atoms with Crippen LogP contribution in [0.15, 0.2) is 0 Å². The Bertz CT molecular complexity index is 191. The smallest absolute Gasteiger partial charge is 0.217 e. The van der Waals surface area contributed by atoms with E-state index in [0.717, 1.165) is 26.3 Å². The van der Waals surface area contributed by atoms with Gasteiger partial charge in [0.05, 0.1) is 13.2 Å². The lowest BCUT2D eigenvalue weighted by Crippen LogP contribution is -2.51. The van der Waals surface area contributed by atoms with Crippen LogP contribution >= 0.6 is 0 Å². The largest absolute Gasteiger partial charge is 0.379 e. The van der Waals surface area contributed by atoms with Crippen molar-refractivity contribution in [2.24, 2.45) is 0 Å². The maximum absolute atomic E-state index is 10.9. The quantitative estimate of drug-likeness (QED) is 0.709. The highest BCUT2D eigenvalue weighted by molar-refractivity contribution is 5.73. The highest BCUT2D eigenvalue weighted by Gasteiger charge is 2.22. The molecule has 0 saturated carbocycles. The second-order valence-corrected chi connectivity index (χ2v) is 3.88. The maximum Gasteiger partial charge on any atom is 0.217 e. The number of hydrogen-bond donors (Lipinski definition) is 1. The van der Waals surface area contributed by atoms with E-state index in [-0.39, 0.29) is 11.9 Å². The van der Waals surface area contributed by atoms with Crippen LogP contribution in [0.3, 0.4) is 0 Å². The third-order valence-corrected chi connectivity index (χ3v) is 2.78. The van der Waals surface area contributed by atoms with Crippen LogP contribution in [0, 0.1) is 0 Å². The number of nitrogens with zero attached hydrogens (tertiary/aromatic N) is 1. The monoisotopic (exact) mass is 200 g/mol. The van der Waals surface area contributed by atoms with Gasteiger partial charge in [-0.2, -0.15) is 0 Å². The van der Waals surface area contributed by atoms with Crippen molar-refractivity contribution in [3.63, 3.8) is 0 Å². The summed E-state index contributed by atoms with van der Waals surface area (Å²) in [5.41, 5.74) is 0. The van der Waals surface area contributed by atoms with Gasteiger partial charge >= 0.3 is 0 Å². The van der Waals surface area contributed by atoms with Gasteiger partial charge in [-0.15, -0.1) is 0 Å². The molecule has 2 atom stereocenters. The number of ether oxygens (including phenoxy) is 1. The van der Waals surface area contributed by atoms with Crippen molar-refractivity contribution >= 4 is 5.91 Å². The minimum absolute atomic E-state index is 0.0395. The van der Waals surface area contributed by atoms with Crippen LogP contribution < -0.4 is 5.32 Å². The molecule has 1 amide bonds. The molecule has 2 unspecified atom stereocenters. The molecule has 1 aliphatic rings. The number of amides is 1. The molecule has 1 N–H and O–H groups in total. The van der Waals surface area contributed by atoms with Gasteiger partial charge in [-0.3, -0.25) is 9.69 Å².